The number of nitrogens with one attached hydrogen (secondary N) is 1. The summed E-state index contributed by atoms with van der Waals surface area (Å²) < 4.78 is 33.4. The maximum absolute atomic E-state index is 12.5. The van der Waals surface area contributed by atoms with Crippen molar-refractivity contribution in [2.45, 2.75) is 18.7 Å². The third-order valence-electron chi connectivity index (χ3n) is 5.00. The van der Waals surface area contributed by atoms with Gasteiger partial charge >= 0.3 is 0 Å². The molecule has 1 aliphatic heterocycles. The van der Waals surface area contributed by atoms with Crippen LogP contribution < -0.4 is 14.4 Å². The Hall–Kier alpha value is -1.80. The van der Waals surface area contributed by atoms with Crippen LogP contribution in [0.4, 0.5) is 5.69 Å². The number of halogens is 1. The quantitative estimate of drug-likeness (QED) is 0.632. The van der Waals surface area contributed by atoms with E-state index >= 15 is 0 Å². The van der Waals surface area contributed by atoms with Crippen LogP contribution in [0, 0.1) is 5.92 Å². The second-order valence-corrected chi connectivity index (χ2v) is 10.1. The fourth-order valence-corrected chi connectivity index (χ4v) is 4.43. The third-order valence-corrected chi connectivity index (χ3v) is 6.73. The molecule has 8 heteroatoms. The molecule has 0 bridgehead atoms. The van der Waals surface area contributed by atoms with Gasteiger partial charge in [-0.2, -0.15) is 0 Å². The summed E-state index contributed by atoms with van der Waals surface area (Å²) in [5, 5.41) is 0.738. The highest BCUT2D eigenvalue weighted by Crippen LogP contribution is 2.19. The first-order valence-corrected chi connectivity index (χ1v) is 12.1. The first kappa shape index (κ1) is 22.9. The second-order valence-electron chi connectivity index (χ2n) is 7.88. The van der Waals surface area contributed by atoms with Crippen LogP contribution in [0.5, 0.6) is 5.75 Å². The van der Waals surface area contributed by atoms with E-state index in [0.717, 1.165) is 31.2 Å². The molecular formula is C22H30ClN3O3S. The number of hydrogen-bond donors (Lipinski definition) is 1. The van der Waals surface area contributed by atoms with Crippen molar-refractivity contribution in [3.8, 4) is 5.75 Å². The van der Waals surface area contributed by atoms with E-state index in [9.17, 15) is 8.42 Å². The predicted molar refractivity (Wildman–Crippen MR) is 122 cm³/mol. The lowest BCUT2D eigenvalue weighted by Crippen LogP contribution is -2.48. The number of sulfonamides is 1. The molecular weight excluding hydrogens is 422 g/mol. The molecule has 6 nitrogen and oxygen atoms in total. The highest BCUT2D eigenvalue weighted by Gasteiger charge is 2.18. The van der Waals surface area contributed by atoms with E-state index in [1.54, 1.807) is 24.3 Å². The molecule has 1 saturated heterocycles. The summed E-state index contributed by atoms with van der Waals surface area (Å²) in [6, 6.07) is 14.4. The van der Waals surface area contributed by atoms with Crippen molar-refractivity contribution >= 4 is 27.3 Å². The van der Waals surface area contributed by atoms with Gasteiger partial charge in [-0.1, -0.05) is 25.4 Å². The molecule has 0 atom stereocenters. The van der Waals surface area contributed by atoms with Crippen LogP contribution in [0.25, 0.3) is 0 Å². The van der Waals surface area contributed by atoms with Crippen molar-refractivity contribution in [3.63, 3.8) is 0 Å². The molecule has 0 spiro atoms. The summed E-state index contributed by atoms with van der Waals surface area (Å²) in [5.74, 6) is 1.10. The van der Waals surface area contributed by atoms with Crippen LogP contribution in [0.15, 0.2) is 53.4 Å². The molecule has 3 rings (SSSR count). The lowest BCUT2D eigenvalue weighted by Gasteiger charge is -2.36. The molecule has 1 fully saturated rings. The zero-order valence-corrected chi connectivity index (χ0v) is 19.1. The van der Waals surface area contributed by atoms with Gasteiger partial charge in [0.15, 0.2) is 0 Å². The van der Waals surface area contributed by atoms with Gasteiger partial charge in [-0.25, -0.2) is 13.1 Å². The van der Waals surface area contributed by atoms with E-state index < -0.39 is 10.0 Å². The van der Waals surface area contributed by atoms with Gasteiger partial charge in [0, 0.05) is 50.0 Å². The zero-order valence-electron chi connectivity index (χ0n) is 17.6. The van der Waals surface area contributed by atoms with Crippen molar-refractivity contribution in [1.82, 2.24) is 9.62 Å². The topological polar surface area (TPSA) is 61.9 Å². The Bertz CT molecular complexity index is 894. The van der Waals surface area contributed by atoms with E-state index in [2.05, 4.69) is 28.4 Å². The minimum atomic E-state index is -3.52. The van der Waals surface area contributed by atoms with Crippen molar-refractivity contribution in [1.29, 1.82) is 0 Å². The highest BCUT2D eigenvalue weighted by atomic mass is 35.5. The summed E-state index contributed by atoms with van der Waals surface area (Å²) in [5.41, 5.74) is 1.17. The van der Waals surface area contributed by atoms with Crippen LogP contribution in [-0.4, -0.2) is 59.2 Å². The number of piperazine rings is 1. The lowest BCUT2D eigenvalue weighted by molar-refractivity contribution is 0.262. The number of nitrogens with zero attached hydrogens (tertiary/aromatic N) is 2. The smallest absolute Gasteiger partial charge is 0.240 e. The Kier molecular flexibility index (Phi) is 7.99. The van der Waals surface area contributed by atoms with Gasteiger partial charge in [-0.3, -0.25) is 4.90 Å². The van der Waals surface area contributed by atoms with Crippen molar-refractivity contribution < 1.29 is 13.2 Å². The van der Waals surface area contributed by atoms with Gasteiger partial charge in [0.05, 0.1) is 11.5 Å². The first-order chi connectivity index (χ1) is 14.3. The molecule has 0 radical (unpaired) electrons. The fraction of sp³-hybridized carbons (Fsp3) is 0.455. The van der Waals surface area contributed by atoms with Gasteiger partial charge in [0.25, 0.3) is 0 Å². The van der Waals surface area contributed by atoms with Crippen molar-refractivity contribution in [2.75, 3.05) is 50.8 Å². The molecule has 0 aliphatic carbocycles. The van der Waals surface area contributed by atoms with Gasteiger partial charge in [-0.15, -0.1) is 0 Å². The monoisotopic (exact) mass is 451 g/mol. The fourth-order valence-electron chi connectivity index (χ4n) is 3.28. The molecule has 1 heterocycles. The average Bonchev–Trinajstić information content (AvgIpc) is 2.73. The van der Waals surface area contributed by atoms with Crippen LogP contribution in [-0.2, 0) is 10.0 Å². The lowest BCUT2D eigenvalue weighted by atomic mass is 10.2. The Morgan fingerprint density at radius 2 is 1.63 bits per heavy atom. The van der Waals surface area contributed by atoms with Crippen LogP contribution in [0.3, 0.4) is 0 Å². The highest BCUT2D eigenvalue weighted by molar-refractivity contribution is 7.89. The summed E-state index contributed by atoms with van der Waals surface area (Å²) in [6.45, 7) is 9.42. The maximum atomic E-state index is 12.5. The summed E-state index contributed by atoms with van der Waals surface area (Å²) in [7, 11) is -3.52. The normalized spacial score (nSPS) is 15.5. The molecule has 0 unspecified atom stereocenters. The van der Waals surface area contributed by atoms with E-state index in [1.165, 1.54) is 5.69 Å². The van der Waals surface area contributed by atoms with Gasteiger partial charge in [0.2, 0.25) is 10.0 Å². The third kappa shape index (κ3) is 6.60. The van der Waals surface area contributed by atoms with E-state index in [1.807, 2.05) is 24.3 Å². The Labute approximate surface area is 184 Å². The number of benzene rings is 2. The molecule has 30 heavy (non-hydrogen) atoms. The van der Waals surface area contributed by atoms with E-state index in [4.69, 9.17) is 16.3 Å². The number of anilines is 1. The molecule has 1 aliphatic rings. The second kappa shape index (κ2) is 10.5. The number of hydrogen-bond acceptors (Lipinski definition) is 5. The van der Waals surface area contributed by atoms with Crippen LogP contribution in [0.2, 0.25) is 5.02 Å². The summed E-state index contributed by atoms with van der Waals surface area (Å²) >= 11 is 5.96. The summed E-state index contributed by atoms with van der Waals surface area (Å²) in [4.78, 5) is 4.85. The minimum absolute atomic E-state index is 0.256. The predicted octanol–water partition coefficient (Wildman–Crippen LogP) is 3.48. The molecule has 164 valence electrons. The Morgan fingerprint density at radius 3 is 2.23 bits per heavy atom. The molecule has 0 amide bonds. The van der Waals surface area contributed by atoms with Crippen molar-refractivity contribution in [3.05, 3.63) is 53.6 Å². The van der Waals surface area contributed by atoms with E-state index in [0.29, 0.717) is 31.4 Å². The number of ether oxygens (including phenoxy) is 1. The molecule has 1 N–H and O–H groups in total. The van der Waals surface area contributed by atoms with E-state index in [-0.39, 0.29) is 4.90 Å². The zero-order chi connectivity index (χ0) is 21.6. The summed E-state index contributed by atoms with van der Waals surface area (Å²) in [6.07, 6.45) is 0. The molecule has 2 aromatic rings. The maximum Gasteiger partial charge on any atom is 0.240 e. The minimum Gasteiger partial charge on any atom is -0.493 e. The largest absolute Gasteiger partial charge is 0.493 e. The Morgan fingerprint density at radius 1 is 1.00 bits per heavy atom. The van der Waals surface area contributed by atoms with Gasteiger partial charge in [0.1, 0.15) is 5.75 Å². The first-order valence-electron chi connectivity index (χ1n) is 10.3. The SMILES string of the molecule is CC(C)COc1ccc(S(=O)(=O)NCCN2CCN(c3ccc(Cl)cc3)CC2)cc1. The van der Waals surface area contributed by atoms with Crippen LogP contribution >= 0.6 is 11.6 Å². The molecule has 0 saturated carbocycles. The van der Waals surface area contributed by atoms with Gasteiger partial charge in [-0.05, 0) is 54.4 Å². The Balaban J connectivity index is 1.43. The number of rotatable bonds is 9. The molecule has 0 aromatic heterocycles. The van der Waals surface area contributed by atoms with Gasteiger partial charge < -0.3 is 9.64 Å². The van der Waals surface area contributed by atoms with Crippen molar-refractivity contribution in [2.24, 2.45) is 5.92 Å². The van der Waals surface area contributed by atoms with Crippen LogP contribution in [0.1, 0.15) is 13.8 Å². The average molecular weight is 452 g/mol. The standard InChI is InChI=1S/C22H30ClN3O3S/c1-18(2)17-29-21-7-9-22(10-8-21)30(27,28)24-11-12-25-13-15-26(16-14-25)20-5-3-19(23)4-6-20/h3-10,18,24H,11-17H2,1-2H3. The molecule has 2 aromatic carbocycles.